The lowest BCUT2D eigenvalue weighted by atomic mass is 10.2. The molecule has 0 saturated carbocycles. The van der Waals surface area contributed by atoms with Crippen molar-refractivity contribution in [3.8, 4) is 0 Å². The fourth-order valence-corrected chi connectivity index (χ4v) is 4.06. The number of methoxy groups -OCH3 is 1. The van der Waals surface area contributed by atoms with Gasteiger partial charge in [-0.1, -0.05) is 0 Å². The molecule has 158 valence electrons. The maximum Gasteiger partial charge on any atom is 0.292 e. The van der Waals surface area contributed by atoms with Crippen molar-refractivity contribution in [3.05, 3.63) is 51.6 Å². The summed E-state index contributed by atoms with van der Waals surface area (Å²) in [6, 6.07) is 4.18. The molecule has 1 aliphatic heterocycles. The number of halogens is 3. The number of β-amino-alcohol motifs (C(OH)–C–C–N with tert-alkyl or cyclic N) is 1. The first-order valence-electron chi connectivity index (χ1n) is 9.15. The van der Waals surface area contributed by atoms with Gasteiger partial charge in [-0.15, -0.1) is 0 Å². The number of carbonyl (C=O) groups is 1. The fraction of sp³-hybridized carbons (Fsp3) is 0.300. The van der Waals surface area contributed by atoms with Gasteiger partial charge in [-0.25, -0.2) is 8.78 Å². The highest BCUT2D eigenvalue weighted by Gasteiger charge is 2.38. The molecule has 3 heterocycles. The summed E-state index contributed by atoms with van der Waals surface area (Å²) in [5.41, 5.74) is 0.0517. The van der Waals surface area contributed by atoms with Gasteiger partial charge < -0.3 is 24.5 Å². The number of hydrogen-bond donors (Lipinski definition) is 2. The van der Waals surface area contributed by atoms with Crippen LogP contribution in [0.2, 0.25) is 0 Å². The van der Waals surface area contributed by atoms with E-state index >= 15 is 0 Å². The Kier molecular flexibility index (Phi) is 5.89. The molecule has 0 spiro atoms. The van der Waals surface area contributed by atoms with Gasteiger partial charge in [0.2, 0.25) is 5.76 Å². The van der Waals surface area contributed by atoms with Gasteiger partial charge in [0.15, 0.2) is 11.4 Å². The maximum atomic E-state index is 14.4. The highest BCUT2D eigenvalue weighted by molar-refractivity contribution is 14.1. The van der Waals surface area contributed by atoms with Crippen LogP contribution in [0.3, 0.4) is 0 Å². The second kappa shape index (κ2) is 8.44. The van der Waals surface area contributed by atoms with Crippen LogP contribution >= 0.6 is 22.6 Å². The fourth-order valence-electron chi connectivity index (χ4n) is 3.60. The Hall–Kier alpha value is -2.31. The van der Waals surface area contributed by atoms with Gasteiger partial charge in [0.1, 0.15) is 11.5 Å². The Labute approximate surface area is 184 Å². The van der Waals surface area contributed by atoms with Crippen molar-refractivity contribution in [2.24, 2.45) is 0 Å². The van der Waals surface area contributed by atoms with E-state index in [1.54, 1.807) is 6.07 Å². The predicted octanol–water partition coefficient (Wildman–Crippen LogP) is 3.68. The number of nitrogens with one attached hydrogen (secondary N) is 1. The lowest BCUT2D eigenvalue weighted by molar-refractivity contribution is 0.0596. The second-order valence-corrected chi connectivity index (χ2v) is 8.26. The number of anilines is 2. The van der Waals surface area contributed by atoms with Crippen LogP contribution in [0, 0.1) is 15.2 Å². The molecule has 7 nitrogen and oxygen atoms in total. The molecule has 2 aromatic heterocycles. The Balaban J connectivity index is 1.80. The monoisotopic (exact) mass is 529 g/mol. The molecule has 1 saturated heterocycles. The van der Waals surface area contributed by atoms with Crippen LogP contribution in [0.5, 0.6) is 0 Å². The molecule has 10 heteroatoms. The Morgan fingerprint density at radius 1 is 1.40 bits per heavy atom. The van der Waals surface area contributed by atoms with Gasteiger partial charge in [-0.05, 0) is 47.2 Å². The van der Waals surface area contributed by atoms with E-state index in [4.69, 9.17) is 9.15 Å². The number of aliphatic hydroxyl groups excluding tert-OH is 1. The Morgan fingerprint density at radius 2 is 2.20 bits per heavy atom. The van der Waals surface area contributed by atoms with Gasteiger partial charge in [-0.2, -0.15) is 0 Å². The van der Waals surface area contributed by atoms with E-state index in [-0.39, 0.29) is 47.3 Å². The van der Waals surface area contributed by atoms with Crippen LogP contribution < -0.4 is 5.32 Å². The van der Waals surface area contributed by atoms with E-state index in [1.165, 1.54) is 30.3 Å². The number of carbonyl (C=O) groups excluding carboxylic acids is 1. The average Bonchev–Trinajstić information content (AvgIpc) is 3.25. The van der Waals surface area contributed by atoms with Crippen molar-refractivity contribution in [1.82, 2.24) is 9.88 Å². The zero-order chi connectivity index (χ0) is 21.4. The third-order valence-electron chi connectivity index (χ3n) is 4.95. The molecule has 30 heavy (non-hydrogen) atoms. The van der Waals surface area contributed by atoms with E-state index in [0.29, 0.717) is 9.99 Å². The number of nitrogens with zero attached hydrogens (tertiary/aromatic N) is 2. The first kappa shape index (κ1) is 20.9. The minimum absolute atomic E-state index is 0.0853. The minimum atomic E-state index is -0.743. The molecule has 1 aromatic carbocycles. The second-order valence-electron chi connectivity index (χ2n) is 7.01. The lowest BCUT2D eigenvalue weighted by Crippen LogP contribution is -2.38. The molecule has 4 rings (SSSR count). The molecule has 3 aromatic rings. The average molecular weight is 529 g/mol. The molecule has 1 fully saturated rings. The Morgan fingerprint density at radius 3 is 2.93 bits per heavy atom. The quantitative estimate of drug-likeness (QED) is 0.491. The molecule has 1 amide bonds. The highest BCUT2D eigenvalue weighted by atomic mass is 127. The van der Waals surface area contributed by atoms with Crippen molar-refractivity contribution in [3.63, 3.8) is 0 Å². The molecule has 1 aliphatic rings. The number of benzene rings is 1. The molecular formula is C20H18F2IN3O4. The largest absolute Gasteiger partial charge is 0.445 e. The summed E-state index contributed by atoms with van der Waals surface area (Å²) in [5, 5.41) is 13.1. The van der Waals surface area contributed by atoms with Crippen molar-refractivity contribution in [2.75, 3.05) is 25.6 Å². The van der Waals surface area contributed by atoms with Crippen LogP contribution in [-0.2, 0) is 4.74 Å². The normalized spacial score (nSPS) is 18.9. The summed E-state index contributed by atoms with van der Waals surface area (Å²) in [6.45, 7) is 0.315. The van der Waals surface area contributed by atoms with Gasteiger partial charge in [0.25, 0.3) is 5.91 Å². The topological polar surface area (TPSA) is 87.8 Å². The third kappa shape index (κ3) is 3.86. The number of rotatable bonds is 5. The molecule has 2 atom stereocenters. The molecule has 0 aliphatic carbocycles. The number of ether oxygens (including phenoxy) is 1. The number of aromatic nitrogens is 1. The van der Waals surface area contributed by atoms with Crippen molar-refractivity contribution in [2.45, 2.75) is 18.6 Å². The smallest absolute Gasteiger partial charge is 0.292 e. The molecule has 0 unspecified atom stereocenters. The summed E-state index contributed by atoms with van der Waals surface area (Å²) >= 11 is 1.98. The van der Waals surface area contributed by atoms with Crippen LogP contribution in [0.4, 0.5) is 20.2 Å². The van der Waals surface area contributed by atoms with Gasteiger partial charge in [0, 0.05) is 23.4 Å². The van der Waals surface area contributed by atoms with Crippen molar-refractivity contribution < 1.29 is 27.8 Å². The van der Waals surface area contributed by atoms with Crippen LogP contribution in [0.1, 0.15) is 17.0 Å². The van der Waals surface area contributed by atoms with E-state index in [9.17, 15) is 18.7 Å². The molecule has 0 radical (unpaired) electrons. The summed E-state index contributed by atoms with van der Waals surface area (Å²) in [7, 11) is 1.50. The zero-order valence-corrected chi connectivity index (χ0v) is 18.0. The maximum absolute atomic E-state index is 14.4. The van der Waals surface area contributed by atoms with Gasteiger partial charge >= 0.3 is 0 Å². The van der Waals surface area contributed by atoms with E-state index < -0.39 is 23.6 Å². The first-order chi connectivity index (χ1) is 14.4. The zero-order valence-electron chi connectivity index (χ0n) is 15.9. The third-order valence-corrected chi connectivity index (χ3v) is 5.62. The summed E-state index contributed by atoms with van der Waals surface area (Å²) in [6.07, 6.45) is 1.96. The number of aliphatic hydroxyl groups is 1. The standard InChI is InChI=1S/C20H18F2IN3O4/c1-29-9-11-5-12(27)8-26(11)20(28)19-17(13-6-24-7-15(22)18(13)30-19)25-16-3-2-10(23)4-14(16)21/h2-4,6-7,11-12,25,27H,5,8-9H2,1H3/t11-,12+/m0/s1. The van der Waals surface area contributed by atoms with E-state index in [1.807, 2.05) is 22.6 Å². The SMILES string of the molecule is COC[C@@H]1C[C@@H](O)CN1C(=O)c1oc2c(F)cncc2c1Nc1ccc(I)cc1F. The molecular weight excluding hydrogens is 511 g/mol. The van der Waals surface area contributed by atoms with Crippen molar-refractivity contribution in [1.29, 1.82) is 0 Å². The van der Waals surface area contributed by atoms with Crippen LogP contribution in [0.15, 0.2) is 35.0 Å². The van der Waals surface area contributed by atoms with Crippen molar-refractivity contribution >= 4 is 50.8 Å². The number of pyridine rings is 1. The molecule has 0 bridgehead atoms. The van der Waals surface area contributed by atoms with Crippen LogP contribution in [0.25, 0.3) is 11.0 Å². The Bertz CT molecular complexity index is 1110. The van der Waals surface area contributed by atoms with Crippen LogP contribution in [-0.4, -0.2) is 53.3 Å². The van der Waals surface area contributed by atoms with Gasteiger partial charge in [0.05, 0.1) is 36.0 Å². The highest BCUT2D eigenvalue weighted by Crippen LogP contribution is 2.36. The number of hydrogen-bond acceptors (Lipinski definition) is 6. The molecule has 2 N–H and O–H groups in total. The summed E-state index contributed by atoms with van der Waals surface area (Å²) < 4.78 is 40.2. The minimum Gasteiger partial charge on any atom is -0.445 e. The predicted molar refractivity (Wildman–Crippen MR) is 114 cm³/mol. The number of furan rings is 1. The number of likely N-dealkylation sites (tertiary alicyclic amines) is 1. The first-order valence-corrected chi connectivity index (χ1v) is 10.2. The summed E-state index contributed by atoms with van der Waals surface area (Å²) in [4.78, 5) is 18.5. The summed E-state index contributed by atoms with van der Waals surface area (Å²) in [5.74, 6) is -2.02. The van der Waals surface area contributed by atoms with E-state index in [2.05, 4.69) is 10.3 Å². The number of fused-ring (bicyclic) bond motifs is 1. The van der Waals surface area contributed by atoms with E-state index in [0.717, 1.165) is 6.20 Å². The number of amides is 1. The van der Waals surface area contributed by atoms with Gasteiger partial charge in [-0.3, -0.25) is 9.78 Å². The lowest BCUT2D eigenvalue weighted by Gasteiger charge is -2.23.